The van der Waals surface area contributed by atoms with Crippen LogP contribution in [0.1, 0.15) is 11.1 Å². The number of imide groups is 1. The van der Waals surface area contributed by atoms with Crippen molar-refractivity contribution in [1.82, 2.24) is 4.90 Å². The summed E-state index contributed by atoms with van der Waals surface area (Å²) < 4.78 is 7.25. The predicted octanol–water partition coefficient (Wildman–Crippen LogP) is 7.77. The van der Waals surface area contributed by atoms with Crippen LogP contribution in [0.25, 0.3) is 6.08 Å². The molecular weight excluding hydrogens is 655 g/mol. The van der Waals surface area contributed by atoms with Crippen molar-refractivity contribution >= 4 is 95.6 Å². The topological polar surface area (TPSA) is 75.7 Å². The second kappa shape index (κ2) is 11.8. The minimum atomic E-state index is -0.547. The maximum absolute atomic E-state index is 12.8. The molecule has 3 amide bonds. The Labute approximate surface area is 238 Å². The molecule has 3 aromatic carbocycles. The van der Waals surface area contributed by atoms with Crippen molar-refractivity contribution in [2.45, 2.75) is 6.61 Å². The van der Waals surface area contributed by atoms with Crippen LogP contribution in [0.4, 0.5) is 10.5 Å². The quantitative estimate of drug-likeness (QED) is 0.260. The molecule has 0 bridgehead atoms. The Morgan fingerprint density at radius 2 is 1.69 bits per heavy atom. The molecule has 1 saturated heterocycles. The molecule has 0 spiro atoms. The minimum Gasteiger partial charge on any atom is -0.487 e. The molecule has 3 aromatic rings. The van der Waals surface area contributed by atoms with Crippen LogP contribution in [0.2, 0.25) is 10.0 Å². The van der Waals surface area contributed by atoms with Crippen LogP contribution in [0.15, 0.2) is 74.5 Å². The van der Waals surface area contributed by atoms with Gasteiger partial charge in [0.15, 0.2) is 0 Å². The highest BCUT2D eigenvalue weighted by Gasteiger charge is 2.36. The molecule has 1 aliphatic rings. The lowest BCUT2D eigenvalue weighted by Gasteiger charge is -2.13. The number of thioether (sulfide) groups is 1. The third-order valence-corrected chi connectivity index (χ3v) is 7.61. The van der Waals surface area contributed by atoms with Gasteiger partial charge in [-0.15, -0.1) is 0 Å². The van der Waals surface area contributed by atoms with Crippen molar-refractivity contribution in [2.75, 3.05) is 11.9 Å². The number of hydrogen-bond donors (Lipinski definition) is 1. The van der Waals surface area contributed by atoms with Crippen LogP contribution >= 0.6 is 66.8 Å². The molecule has 11 heteroatoms. The van der Waals surface area contributed by atoms with Gasteiger partial charge >= 0.3 is 0 Å². The van der Waals surface area contributed by atoms with Crippen LogP contribution in [0, 0.1) is 0 Å². The predicted molar refractivity (Wildman–Crippen MR) is 150 cm³/mol. The maximum Gasteiger partial charge on any atom is 0.294 e. The van der Waals surface area contributed by atoms with Crippen molar-refractivity contribution < 1.29 is 19.1 Å². The Morgan fingerprint density at radius 1 is 1.03 bits per heavy atom. The minimum absolute atomic E-state index is 0.208. The van der Waals surface area contributed by atoms with E-state index in [4.69, 9.17) is 27.9 Å². The number of rotatable bonds is 7. The zero-order valence-corrected chi connectivity index (χ0v) is 23.8. The van der Waals surface area contributed by atoms with E-state index < -0.39 is 23.6 Å². The lowest BCUT2D eigenvalue weighted by Crippen LogP contribution is -2.36. The molecule has 0 radical (unpaired) electrons. The Morgan fingerprint density at radius 3 is 2.36 bits per heavy atom. The number of anilines is 1. The number of nitrogens with zero attached hydrogens (tertiary/aromatic N) is 1. The van der Waals surface area contributed by atoms with Gasteiger partial charge in [0.2, 0.25) is 5.91 Å². The summed E-state index contributed by atoms with van der Waals surface area (Å²) in [7, 11) is 0. The maximum atomic E-state index is 12.8. The monoisotopic (exact) mass is 668 g/mol. The first-order valence-corrected chi connectivity index (χ1v) is 13.5. The van der Waals surface area contributed by atoms with E-state index in [1.54, 1.807) is 54.6 Å². The Bertz CT molecular complexity index is 1360. The van der Waals surface area contributed by atoms with Gasteiger partial charge in [-0.1, -0.05) is 47.5 Å². The van der Waals surface area contributed by atoms with Crippen LogP contribution in [-0.2, 0) is 16.2 Å². The molecule has 0 aliphatic carbocycles. The first-order chi connectivity index (χ1) is 17.2. The van der Waals surface area contributed by atoms with Gasteiger partial charge < -0.3 is 10.1 Å². The first kappa shape index (κ1) is 26.8. The summed E-state index contributed by atoms with van der Waals surface area (Å²) in [5.74, 6) is -0.486. The standard InChI is InChI=1S/C25H16Br2Cl2N2O4S/c26-17-9-15(10-18(27)23(17)35-13-14-5-7-16(28)8-6-14)11-21-24(33)31(25(34)36-21)12-22(32)30-20-4-2-1-3-19(20)29/h1-11H,12-13H2,(H,30,32)/b21-11+. The van der Waals surface area contributed by atoms with Crippen LogP contribution < -0.4 is 10.1 Å². The number of benzene rings is 3. The molecule has 0 atom stereocenters. The average molecular weight is 671 g/mol. The summed E-state index contributed by atoms with van der Waals surface area (Å²) in [6.45, 7) is -0.0824. The Hall–Kier alpha value is -2.30. The number of carbonyl (C=O) groups is 3. The number of hydrogen-bond acceptors (Lipinski definition) is 5. The molecule has 4 rings (SSSR count). The molecular formula is C25H16Br2Cl2N2O4S. The van der Waals surface area contributed by atoms with Gasteiger partial charge in [-0.25, -0.2) is 0 Å². The summed E-state index contributed by atoms with van der Waals surface area (Å²) in [6, 6.07) is 17.6. The molecule has 0 unspecified atom stereocenters. The fourth-order valence-electron chi connectivity index (χ4n) is 3.22. The van der Waals surface area contributed by atoms with E-state index in [9.17, 15) is 14.4 Å². The van der Waals surface area contributed by atoms with Crippen molar-refractivity contribution in [2.24, 2.45) is 0 Å². The van der Waals surface area contributed by atoms with Crippen molar-refractivity contribution in [3.63, 3.8) is 0 Å². The SMILES string of the molecule is O=C(CN1C(=O)S/C(=C/c2cc(Br)c(OCc3ccc(Cl)cc3)c(Br)c2)C1=O)Nc1ccccc1Cl. The largest absolute Gasteiger partial charge is 0.487 e. The van der Waals surface area contributed by atoms with Crippen LogP contribution in [0.3, 0.4) is 0 Å². The van der Waals surface area contributed by atoms with E-state index in [0.717, 1.165) is 22.2 Å². The Balaban J connectivity index is 1.44. The molecule has 1 N–H and O–H groups in total. The number of nitrogens with one attached hydrogen (secondary N) is 1. The summed E-state index contributed by atoms with van der Waals surface area (Å²) in [4.78, 5) is 38.8. The highest BCUT2D eigenvalue weighted by Crippen LogP contribution is 2.38. The van der Waals surface area contributed by atoms with Crippen LogP contribution in [-0.4, -0.2) is 28.5 Å². The zero-order valence-electron chi connectivity index (χ0n) is 18.3. The van der Waals surface area contributed by atoms with Crippen molar-refractivity contribution in [1.29, 1.82) is 0 Å². The molecule has 1 fully saturated rings. The highest BCUT2D eigenvalue weighted by atomic mass is 79.9. The molecule has 184 valence electrons. The van der Waals surface area contributed by atoms with E-state index in [0.29, 0.717) is 42.6 Å². The van der Waals surface area contributed by atoms with E-state index in [-0.39, 0.29) is 4.91 Å². The number of amides is 3. The van der Waals surface area contributed by atoms with E-state index in [1.807, 2.05) is 12.1 Å². The molecule has 1 aliphatic heterocycles. The second-order valence-electron chi connectivity index (χ2n) is 7.52. The van der Waals surface area contributed by atoms with Crippen LogP contribution in [0.5, 0.6) is 5.75 Å². The van der Waals surface area contributed by atoms with Gasteiger partial charge in [-0.3, -0.25) is 19.3 Å². The molecule has 6 nitrogen and oxygen atoms in total. The number of halogens is 4. The average Bonchev–Trinajstić information content (AvgIpc) is 3.08. The summed E-state index contributed by atoms with van der Waals surface area (Å²) >= 11 is 19.8. The molecule has 0 saturated carbocycles. The van der Waals surface area contributed by atoms with Gasteiger partial charge in [-0.2, -0.15) is 0 Å². The number of para-hydroxylation sites is 1. The summed E-state index contributed by atoms with van der Waals surface area (Å²) in [5.41, 5.74) is 2.02. The normalized spacial score (nSPS) is 14.4. The van der Waals surface area contributed by atoms with Gasteiger partial charge in [0.05, 0.1) is 24.6 Å². The van der Waals surface area contributed by atoms with Gasteiger partial charge in [-0.05, 0) is 97.2 Å². The summed E-state index contributed by atoms with van der Waals surface area (Å²) in [6.07, 6.45) is 1.59. The Kier molecular flexibility index (Phi) is 8.79. The van der Waals surface area contributed by atoms with Crippen molar-refractivity contribution in [3.05, 3.63) is 95.7 Å². The fraction of sp³-hybridized carbons (Fsp3) is 0.0800. The van der Waals surface area contributed by atoms with E-state index >= 15 is 0 Å². The molecule has 1 heterocycles. The van der Waals surface area contributed by atoms with E-state index in [2.05, 4.69) is 37.2 Å². The first-order valence-electron chi connectivity index (χ1n) is 10.4. The van der Waals surface area contributed by atoms with Gasteiger partial charge in [0, 0.05) is 5.02 Å². The molecule has 36 heavy (non-hydrogen) atoms. The number of carbonyl (C=O) groups excluding carboxylic acids is 3. The third kappa shape index (κ3) is 6.52. The number of ether oxygens (including phenoxy) is 1. The third-order valence-electron chi connectivity index (χ3n) is 4.94. The lowest BCUT2D eigenvalue weighted by molar-refractivity contribution is -0.127. The van der Waals surface area contributed by atoms with Crippen molar-refractivity contribution in [3.8, 4) is 5.75 Å². The lowest BCUT2D eigenvalue weighted by atomic mass is 10.2. The zero-order chi connectivity index (χ0) is 25.8. The summed E-state index contributed by atoms with van der Waals surface area (Å²) in [5, 5.41) is 3.09. The second-order valence-corrected chi connectivity index (χ2v) is 11.1. The van der Waals surface area contributed by atoms with Gasteiger partial charge in [0.25, 0.3) is 11.1 Å². The van der Waals surface area contributed by atoms with E-state index in [1.165, 1.54) is 0 Å². The molecule has 0 aromatic heterocycles. The fourth-order valence-corrected chi connectivity index (χ4v) is 5.82. The highest BCUT2D eigenvalue weighted by molar-refractivity contribution is 9.11. The smallest absolute Gasteiger partial charge is 0.294 e. The van der Waals surface area contributed by atoms with Gasteiger partial charge in [0.1, 0.15) is 18.9 Å².